The van der Waals surface area contributed by atoms with E-state index >= 15 is 0 Å². The van der Waals surface area contributed by atoms with Crippen molar-refractivity contribution < 1.29 is 14.5 Å². The maximum Gasteiger partial charge on any atom is 0.273 e. The van der Waals surface area contributed by atoms with Crippen molar-refractivity contribution in [3.63, 3.8) is 0 Å². The van der Waals surface area contributed by atoms with Gasteiger partial charge >= 0.3 is 0 Å². The fourth-order valence-electron chi connectivity index (χ4n) is 2.32. The Bertz CT molecular complexity index is 941. The van der Waals surface area contributed by atoms with E-state index in [-0.39, 0.29) is 18.2 Å². The number of hydrogen-bond donors (Lipinski definition) is 1. The molecular weight excluding hydrogens is 353 g/mol. The molecule has 0 unspecified atom stereocenters. The first-order chi connectivity index (χ1) is 13.5. The van der Waals surface area contributed by atoms with Gasteiger partial charge in [-0.3, -0.25) is 4.79 Å². The monoisotopic (exact) mass is 375 g/mol. The van der Waals surface area contributed by atoms with Crippen LogP contribution in [-0.2, 0) is 21.1 Å². The molecule has 0 aliphatic heterocycles. The van der Waals surface area contributed by atoms with Gasteiger partial charge < -0.3 is 15.0 Å². The first-order valence-electron chi connectivity index (χ1n) is 8.72. The van der Waals surface area contributed by atoms with E-state index in [2.05, 4.69) is 27.5 Å². The Labute approximate surface area is 166 Å². The van der Waals surface area contributed by atoms with Crippen LogP contribution in [-0.4, -0.2) is 39.3 Å². The number of oxime groups is 2. The normalized spacial score (nSPS) is 11.2. The highest BCUT2D eigenvalue weighted by molar-refractivity contribution is 6.45. The van der Waals surface area contributed by atoms with Gasteiger partial charge in [-0.1, -0.05) is 58.1 Å². The Kier molecular flexibility index (Phi) is 7.85. The summed E-state index contributed by atoms with van der Waals surface area (Å²) in [5.41, 5.74) is 4.19. The van der Waals surface area contributed by atoms with E-state index in [4.69, 9.17) is 9.68 Å². The Morgan fingerprint density at radius 1 is 1.14 bits per heavy atom. The zero-order valence-corrected chi connectivity index (χ0v) is 16.4. The van der Waals surface area contributed by atoms with Crippen LogP contribution in [0.1, 0.15) is 23.6 Å². The molecule has 7 heteroatoms. The molecule has 0 atom stereocenters. The van der Waals surface area contributed by atoms with Crippen LogP contribution in [0.2, 0.25) is 0 Å². The minimum absolute atomic E-state index is 0.166. The second-order valence-electron chi connectivity index (χ2n) is 5.92. The molecule has 0 aromatic heterocycles. The molecule has 2 aromatic rings. The lowest BCUT2D eigenvalue weighted by atomic mass is 9.95. The molecule has 0 spiro atoms. The van der Waals surface area contributed by atoms with Gasteiger partial charge in [-0.15, -0.1) is 0 Å². The van der Waals surface area contributed by atoms with E-state index in [1.165, 1.54) is 19.6 Å². The van der Waals surface area contributed by atoms with E-state index in [1.54, 1.807) is 13.0 Å². The van der Waals surface area contributed by atoms with Crippen molar-refractivity contribution in [3.05, 3.63) is 65.2 Å². The zero-order chi connectivity index (χ0) is 20.4. The highest BCUT2D eigenvalue weighted by Gasteiger charge is 2.17. The molecule has 0 radical (unpaired) electrons. The molecule has 2 rings (SSSR count). The average molecular weight is 375 g/mol. The minimum atomic E-state index is -0.349. The van der Waals surface area contributed by atoms with Gasteiger partial charge in [-0.2, -0.15) is 0 Å². The molecule has 28 heavy (non-hydrogen) atoms. The molecule has 0 bridgehead atoms. The number of nitrogens with zero attached hydrogens (tertiary/aromatic N) is 2. The Balaban J connectivity index is 2.11. The van der Waals surface area contributed by atoms with Crippen LogP contribution in [0.25, 0.3) is 0 Å². The van der Waals surface area contributed by atoms with Crippen LogP contribution >= 0.6 is 0 Å². The second kappa shape index (κ2) is 10.6. The first-order valence-corrected chi connectivity index (χ1v) is 8.72. The molecule has 0 saturated heterocycles. The van der Waals surface area contributed by atoms with Gasteiger partial charge in [-0.05, 0) is 25.0 Å². The molecule has 1 amide bonds. The molecule has 2 aromatic carbocycles. The van der Waals surface area contributed by atoms with Crippen LogP contribution in [0.4, 0.5) is 0 Å². The Hall–Kier alpha value is -3.53. The fourth-order valence-corrected chi connectivity index (χ4v) is 2.32. The summed E-state index contributed by atoms with van der Waals surface area (Å²) in [6, 6.07) is 15.2. The molecule has 0 fully saturated rings. The molecular formula is C21H22BN3O3. The predicted molar refractivity (Wildman–Crippen MR) is 113 cm³/mol. The summed E-state index contributed by atoms with van der Waals surface area (Å²) in [5.74, 6) is 5.65. The van der Waals surface area contributed by atoms with Crippen molar-refractivity contribution in [2.75, 3.05) is 14.2 Å². The highest BCUT2D eigenvalue weighted by Crippen LogP contribution is 2.12. The summed E-state index contributed by atoms with van der Waals surface area (Å²) in [7, 11) is 4.96. The third-order valence-corrected chi connectivity index (χ3v) is 3.76. The maximum absolute atomic E-state index is 12.1. The third kappa shape index (κ3) is 6.03. The smallest absolute Gasteiger partial charge is 0.273 e. The second-order valence-corrected chi connectivity index (χ2v) is 5.92. The van der Waals surface area contributed by atoms with Crippen molar-refractivity contribution >= 4 is 30.6 Å². The van der Waals surface area contributed by atoms with E-state index in [0.29, 0.717) is 11.3 Å². The van der Waals surface area contributed by atoms with Gasteiger partial charge in [0.1, 0.15) is 27.3 Å². The molecule has 6 nitrogen and oxygen atoms in total. The van der Waals surface area contributed by atoms with E-state index in [1.807, 2.05) is 50.3 Å². The number of benzene rings is 2. The number of carbonyl (C=O) groups is 1. The summed E-state index contributed by atoms with van der Waals surface area (Å²) in [6.45, 7) is 1.94. The van der Waals surface area contributed by atoms with Gasteiger partial charge in [0.2, 0.25) is 0 Å². The molecule has 142 valence electrons. The van der Waals surface area contributed by atoms with Crippen molar-refractivity contribution in [1.82, 2.24) is 5.32 Å². The average Bonchev–Trinajstić information content (AvgIpc) is 2.71. The lowest BCUT2D eigenvalue weighted by Gasteiger charge is -2.09. The van der Waals surface area contributed by atoms with E-state index in [0.717, 1.165) is 11.1 Å². The van der Waals surface area contributed by atoms with Crippen LogP contribution in [0.15, 0.2) is 58.8 Å². The topological polar surface area (TPSA) is 72.3 Å². The number of amides is 1. The van der Waals surface area contributed by atoms with Crippen molar-refractivity contribution in [2.24, 2.45) is 10.3 Å². The summed E-state index contributed by atoms with van der Waals surface area (Å²) in [4.78, 5) is 22.3. The van der Waals surface area contributed by atoms with Gasteiger partial charge in [0.15, 0.2) is 5.71 Å². The standard InChI is InChI=1S/C21H22BN3O3/c1-15(8-9-16-10-12-18(22)13-11-16)24-28-14-17-6-4-5-7-19(17)20(25-27-3)21(26)23-2/h4-7,10-13H,14,22H2,1-3H3,(H,23,26)/b24-15+,25-20+. The zero-order valence-electron chi connectivity index (χ0n) is 16.4. The Morgan fingerprint density at radius 2 is 1.86 bits per heavy atom. The van der Waals surface area contributed by atoms with Crippen molar-refractivity contribution in [1.29, 1.82) is 0 Å². The van der Waals surface area contributed by atoms with E-state index in [9.17, 15) is 4.79 Å². The van der Waals surface area contributed by atoms with Gasteiger partial charge in [0.25, 0.3) is 5.91 Å². The minimum Gasteiger partial charge on any atom is -0.398 e. The number of likely N-dealkylation sites (N-methyl/N-ethyl adjacent to an activating group) is 1. The predicted octanol–water partition coefficient (Wildman–Crippen LogP) is 0.986. The van der Waals surface area contributed by atoms with Gasteiger partial charge in [0.05, 0.1) is 0 Å². The van der Waals surface area contributed by atoms with Gasteiger partial charge in [-0.25, -0.2) is 0 Å². The summed E-state index contributed by atoms with van der Waals surface area (Å²) >= 11 is 0. The van der Waals surface area contributed by atoms with Crippen LogP contribution in [0.5, 0.6) is 0 Å². The van der Waals surface area contributed by atoms with Crippen LogP contribution in [0, 0.1) is 11.8 Å². The molecule has 0 heterocycles. The number of nitrogens with one attached hydrogen (secondary N) is 1. The molecule has 1 N–H and O–H groups in total. The highest BCUT2D eigenvalue weighted by atomic mass is 16.6. The largest absolute Gasteiger partial charge is 0.398 e. The molecule has 0 aliphatic rings. The summed E-state index contributed by atoms with van der Waals surface area (Å²) < 4.78 is 0. The SMILES string of the molecule is Bc1ccc(C#C/C(C)=N/OCc2ccccc2/C(=N\OC)C(=O)NC)cc1. The molecule has 0 aliphatic carbocycles. The quantitative estimate of drug-likeness (QED) is 0.354. The number of carbonyl (C=O) groups excluding carboxylic acids is 1. The summed E-state index contributed by atoms with van der Waals surface area (Å²) in [5, 5.41) is 10.4. The maximum atomic E-state index is 12.1. The molecule has 0 saturated carbocycles. The number of rotatable bonds is 6. The van der Waals surface area contributed by atoms with Crippen molar-refractivity contribution in [2.45, 2.75) is 13.5 Å². The number of hydrogen-bond acceptors (Lipinski definition) is 5. The van der Waals surface area contributed by atoms with Crippen LogP contribution < -0.4 is 10.8 Å². The summed E-state index contributed by atoms with van der Waals surface area (Å²) in [6.07, 6.45) is 0. The lowest BCUT2D eigenvalue weighted by molar-refractivity contribution is -0.114. The van der Waals surface area contributed by atoms with Gasteiger partial charge in [0, 0.05) is 23.7 Å². The fraction of sp³-hybridized carbons (Fsp3) is 0.190. The first kappa shape index (κ1) is 20.8. The lowest BCUT2D eigenvalue weighted by Crippen LogP contribution is -2.29. The van der Waals surface area contributed by atoms with E-state index < -0.39 is 0 Å². The van der Waals surface area contributed by atoms with Crippen LogP contribution in [0.3, 0.4) is 0 Å². The Morgan fingerprint density at radius 3 is 2.54 bits per heavy atom. The van der Waals surface area contributed by atoms with Crippen molar-refractivity contribution in [3.8, 4) is 11.8 Å². The third-order valence-electron chi connectivity index (χ3n) is 3.76.